The molecule has 0 aliphatic rings. The van der Waals surface area contributed by atoms with Crippen LogP contribution in [0, 0.1) is 5.82 Å². The van der Waals surface area contributed by atoms with E-state index in [-0.39, 0.29) is 22.9 Å². The Hall–Kier alpha value is -3.78. The molecular weight excluding hydrogens is 425 g/mol. The van der Waals surface area contributed by atoms with Crippen molar-refractivity contribution in [3.8, 4) is 11.5 Å². The summed E-state index contributed by atoms with van der Waals surface area (Å²) in [6.07, 6.45) is 1.37. The fourth-order valence-electron chi connectivity index (χ4n) is 2.58. The number of hydrogen-bond donors (Lipinski definition) is 2. The standard InChI is InChI=1S/C22H17ClFN3O4/c1-13(28)19-12-17(8-9-25-19)31-20-7-6-16(11-18(20)23)26-22(30)27-21(29)10-14-2-4-15(24)5-3-14/h2-9,11-12H,10H2,1H3,(H2,26,27,29,30). The molecule has 0 atom stereocenters. The van der Waals surface area contributed by atoms with Crippen LogP contribution in [0.2, 0.25) is 5.02 Å². The van der Waals surface area contributed by atoms with Gasteiger partial charge in [-0.15, -0.1) is 0 Å². The van der Waals surface area contributed by atoms with Gasteiger partial charge in [0.2, 0.25) is 5.91 Å². The fraction of sp³-hybridized carbons (Fsp3) is 0.0909. The van der Waals surface area contributed by atoms with Gasteiger partial charge in [0, 0.05) is 24.9 Å². The van der Waals surface area contributed by atoms with Gasteiger partial charge in [-0.1, -0.05) is 23.7 Å². The summed E-state index contributed by atoms with van der Waals surface area (Å²) in [6, 6.07) is 12.3. The lowest BCUT2D eigenvalue weighted by Crippen LogP contribution is -2.35. The van der Waals surface area contributed by atoms with E-state index in [2.05, 4.69) is 15.6 Å². The van der Waals surface area contributed by atoms with Gasteiger partial charge >= 0.3 is 6.03 Å². The van der Waals surface area contributed by atoms with Crippen molar-refractivity contribution in [2.45, 2.75) is 13.3 Å². The number of ketones is 1. The molecule has 31 heavy (non-hydrogen) atoms. The molecule has 0 spiro atoms. The van der Waals surface area contributed by atoms with E-state index in [0.717, 1.165) is 0 Å². The third kappa shape index (κ3) is 6.35. The molecule has 9 heteroatoms. The number of hydrogen-bond acceptors (Lipinski definition) is 5. The molecule has 1 aromatic heterocycles. The lowest BCUT2D eigenvalue weighted by Gasteiger charge is -2.11. The number of urea groups is 1. The van der Waals surface area contributed by atoms with E-state index in [1.54, 1.807) is 6.07 Å². The van der Waals surface area contributed by atoms with Crippen molar-refractivity contribution in [2.75, 3.05) is 5.32 Å². The number of nitrogens with one attached hydrogen (secondary N) is 2. The molecule has 3 amide bonds. The molecule has 0 saturated heterocycles. The largest absolute Gasteiger partial charge is 0.456 e. The zero-order valence-corrected chi connectivity index (χ0v) is 17.1. The van der Waals surface area contributed by atoms with E-state index in [1.165, 1.54) is 61.7 Å². The van der Waals surface area contributed by atoms with Gasteiger partial charge in [0.15, 0.2) is 5.78 Å². The summed E-state index contributed by atoms with van der Waals surface area (Å²) < 4.78 is 18.6. The molecule has 0 radical (unpaired) electrons. The molecule has 1 heterocycles. The zero-order valence-electron chi connectivity index (χ0n) is 16.3. The van der Waals surface area contributed by atoms with E-state index in [1.807, 2.05) is 0 Å². The minimum absolute atomic E-state index is 0.0740. The maximum absolute atomic E-state index is 12.9. The molecule has 0 aliphatic carbocycles. The highest BCUT2D eigenvalue weighted by Crippen LogP contribution is 2.31. The number of amides is 3. The average Bonchev–Trinajstić information content (AvgIpc) is 2.72. The minimum atomic E-state index is -0.739. The fourth-order valence-corrected chi connectivity index (χ4v) is 2.80. The second-order valence-corrected chi connectivity index (χ2v) is 6.89. The number of benzene rings is 2. The van der Waals surface area contributed by atoms with Gasteiger partial charge in [0.05, 0.1) is 11.4 Å². The number of nitrogens with zero attached hydrogens (tertiary/aromatic N) is 1. The van der Waals surface area contributed by atoms with Crippen molar-refractivity contribution < 1.29 is 23.5 Å². The van der Waals surface area contributed by atoms with Crippen LogP contribution in [-0.2, 0) is 11.2 Å². The van der Waals surface area contributed by atoms with E-state index >= 15 is 0 Å². The van der Waals surface area contributed by atoms with Crippen molar-refractivity contribution in [1.29, 1.82) is 0 Å². The minimum Gasteiger partial charge on any atom is -0.456 e. The SMILES string of the molecule is CC(=O)c1cc(Oc2ccc(NC(=O)NC(=O)Cc3ccc(F)cc3)cc2Cl)ccn1. The van der Waals surface area contributed by atoms with Crippen molar-refractivity contribution in [3.05, 3.63) is 82.9 Å². The van der Waals surface area contributed by atoms with E-state index < -0.39 is 17.8 Å². The first-order chi connectivity index (χ1) is 14.8. The Kier molecular flexibility index (Phi) is 6.94. The first-order valence-corrected chi connectivity index (χ1v) is 9.47. The van der Waals surface area contributed by atoms with Crippen LogP contribution in [0.15, 0.2) is 60.8 Å². The summed E-state index contributed by atoms with van der Waals surface area (Å²) in [4.78, 5) is 39.4. The molecule has 3 aromatic rings. The molecule has 3 rings (SSSR count). The summed E-state index contributed by atoms with van der Waals surface area (Å²) in [5, 5.41) is 4.89. The Balaban J connectivity index is 1.58. The van der Waals surface area contributed by atoms with Crippen LogP contribution in [0.3, 0.4) is 0 Å². The molecule has 158 valence electrons. The van der Waals surface area contributed by atoms with Crippen LogP contribution in [0.4, 0.5) is 14.9 Å². The maximum Gasteiger partial charge on any atom is 0.325 e. The smallest absolute Gasteiger partial charge is 0.325 e. The first kappa shape index (κ1) is 21.9. The molecule has 0 aliphatic heterocycles. The monoisotopic (exact) mass is 441 g/mol. The number of imide groups is 1. The zero-order chi connectivity index (χ0) is 22.4. The lowest BCUT2D eigenvalue weighted by atomic mass is 10.1. The summed E-state index contributed by atoms with van der Waals surface area (Å²) in [5.74, 6) is -0.465. The highest BCUT2D eigenvalue weighted by Gasteiger charge is 2.11. The van der Waals surface area contributed by atoms with Gasteiger partial charge in [-0.3, -0.25) is 19.9 Å². The highest BCUT2D eigenvalue weighted by atomic mass is 35.5. The van der Waals surface area contributed by atoms with Crippen LogP contribution in [0.25, 0.3) is 0 Å². The van der Waals surface area contributed by atoms with Crippen LogP contribution in [0.1, 0.15) is 23.0 Å². The third-order valence-electron chi connectivity index (χ3n) is 4.04. The number of rotatable bonds is 6. The third-order valence-corrected chi connectivity index (χ3v) is 4.34. The van der Waals surface area contributed by atoms with Gasteiger partial charge < -0.3 is 10.1 Å². The number of pyridine rings is 1. The average molecular weight is 442 g/mol. The summed E-state index contributed by atoms with van der Waals surface area (Å²) in [6.45, 7) is 1.40. The van der Waals surface area contributed by atoms with Gasteiger partial charge in [0.1, 0.15) is 23.0 Å². The Labute approximate surface area is 182 Å². The predicted octanol–water partition coefficient (Wildman–Crippen LogP) is 4.76. The number of anilines is 1. The van der Waals surface area contributed by atoms with Crippen molar-refractivity contribution in [3.63, 3.8) is 0 Å². The van der Waals surface area contributed by atoms with Crippen LogP contribution in [0.5, 0.6) is 11.5 Å². The number of ether oxygens (including phenoxy) is 1. The Morgan fingerprint density at radius 3 is 2.48 bits per heavy atom. The normalized spacial score (nSPS) is 10.3. The van der Waals surface area contributed by atoms with E-state index in [9.17, 15) is 18.8 Å². The van der Waals surface area contributed by atoms with Gasteiger partial charge in [-0.05, 0) is 42.0 Å². The molecule has 0 bridgehead atoms. The van der Waals surface area contributed by atoms with Crippen LogP contribution >= 0.6 is 11.6 Å². The second kappa shape index (κ2) is 9.82. The Morgan fingerprint density at radius 2 is 1.81 bits per heavy atom. The van der Waals surface area contributed by atoms with Crippen LogP contribution < -0.4 is 15.4 Å². The Morgan fingerprint density at radius 1 is 1.06 bits per heavy atom. The van der Waals surface area contributed by atoms with Gasteiger partial charge in [0.25, 0.3) is 0 Å². The molecule has 2 N–H and O–H groups in total. The summed E-state index contributed by atoms with van der Waals surface area (Å²) in [5.41, 5.74) is 1.16. The number of carbonyl (C=O) groups is 3. The van der Waals surface area contributed by atoms with Crippen molar-refractivity contribution in [2.24, 2.45) is 0 Å². The first-order valence-electron chi connectivity index (χ1n) is 9.10. The molecule has 0 fully saturated rings. The van der Waals surface area contributed by atoms with Crippen LogP contribution in [-0.4, -0.2) is 22.7 Å². The highest BCUT2D eigenvalue weighted by molar-refractivity contribution is 6.32. The predicted molar refractivity (Wildman–Crippen MR) is 113 cm³/mol. The molecule has 0 saturated carbocycles. The van der Waals surface area contributed by atoms with Gasteiger partial charge in [-0.25, -0.2) is 9.18 Å². The van der Waals surface area contributed by atoms with Crippen molar-refractivity contribution in [1.82, 2.24) is 10.3 Å². The number of halogens is 2. The Bertz CT molecular complexity index is 1140. The molecule has 0 unspecified atom stereocenters. The van der Waals surface area contributed by atoms with E-state index in [0.29, 0.717) is 22.7 Å². The lowest BCUT2D eigenvalue weighted by molar-refractivity contribution is -0.119. The summed E-state index contributed by atoms with van der Waals surface area (Å²) >= 11 is 6.21. The number of Topliss-reactive ketones (excluding diaryl/α,β-unsaturated/α-hetero) is 1. The number of aromatic nitrogens is 1. The topological polar surface area (TPSA) is 97.4 Å². The molecule has 7 nitrogen and oxygen atoms in total. The van der Waals surface area contributed by atoms with Gasteiger partial charge in [-0.2, -0.15) is 0 Å². The summed E-state index contributed by atoms with van der Waals surface area (Å²) in [7, 11) is 0. The second-order valence-electron chi connectivity index (χ2n) is 6.49. The quantitative estimate of drug-likeness (QED) is 0.537. The van der Waals surface area contributed by atoms with Crippen molar-refractivity contribution >= 4 is 35.0 Å². The number of carbonyl (C=O) groups excluding carboxylic acids is 3. The molecule has 2 aromatic carbocycles. The van der Waals surface area contributed by atoms with E-state index in [4.69, 9.17) is 16.3 Å². The maximum atomic E-state index is 12.9. The molecular formula is C22H17ClFN3O4.